The maximum absolute atomic E-state index is 12.1. The van der Waals surface area contributed by atoms with Gasteiger partial charge in [-0.25, -0.2) is 14.8 Å². The van der Waals surface area contributed by atoms with Gasteiger partial charge < -0.3 is 23.8 Å². The highest BCUT2D eigenvalue weighted by Crippen LogP contribution is 2.45. The van der Waals surface area contributed by atoms with E-state index in [4.69, 9.17) is 18.9 Å². The molecule has 2 aromatic rings. The molecule has 1 saturated heterocycles. The molecule has 8 heteroatoms. The summed E-state index contributed by atoms with van der Waals surface area (Å²) in [5.41, 5.74) is 2.40. The summed E-state index contributed by atoms with van der Waals surface area (Å²) < 4.78 is 22.2. The molecule has 0 atom stereocenters. The van der Waals surface area contributed by atoms with Gasteiger partial charge >= 0.3 is 5.97 Å². The highest BCUT2D eigenvalue weighted by molar-refractivity contribution is 5.94. The minimum Gasteiger partial charge on any atom is -0.493 e. The summed E-state index contributed by atoms with van der Waals surface area (Å²) >= 11 is 0. The second kappa shape index (κ2) is 7.87. The zero-order valence-corrected chi connectivity index (χ0v) is 16.9. The van der Waals surface area contributed by atoms with Crippen molar-refractivity contribution in [2.45, 2.75) is 24.9 Å². The van der Waals surface area contributed by atoms with Gasteiger partial charge in [0.2, 0.25) is 0 Å². The molecule has 2 aliphatic rings. The number of nitrogens with zero attached hydrogens (tertiary/aromatic N) is 3. The van der Waals surface area contributed by atoms with Gasteiger partial charge in [-0.1, -0.05) is 0 Å². The molecule has 1 fully saturated rings. The van der Waals surface area contributed by atoms with Crippen LogP contribution in [0.25, 0.3) is 0 Å². The third-order valence-corrected chi connectivity index (χ3v) is 5.82. The first kappa shape index (κ1) is 19.4. The van der Waals surface area contributed by atoms with Gasteiger partial charge in [0, 0.05) is 19.3 Å². The van der Waals surface area contributed by atoms with E-state index in [-0.39, 0.29) is 5.60 Å². The first-order valence-corrected chi connectivity index (χ1v) is 9.64. The van der Waals surface area contributed by atoms with Crippen LogP contribution >= 0.6 is 0 Å². The molecular formula is C21H25N3O5. The SMILES string of the molecule is COC(=O)c1cncnc1N1CCC2(CC1)OCCc1cc(OC)c(OC)cc12. The van der Waals surface area contributed by atoms with Crippen molar-refractivity contribution in [3.63, 3.8) is 0 Å². The predicted molar refractivity (Wildman–Crippen MR) is 106 cm³/mol. The van der Waals surface area contributed by atoms with Crippen LogP contribution in [0, 0.1) is 0 Å². The Morgan fingerprint density at radius 2 is 1.86 bits per heavy atom. The van der Waals surface area contributed by atoms with Gasteiger partial charge in [-0.3, -0.25) is 0 Å². The number of methoxy groups -OCH3 is 3. The Bertz CT molecular complexity index is 909. The number of fused-ring (bicyclic) bond motifs is 2. The summed E-state index contributed by atoms with van der Waals surface area (Å²) in [5, 5.41) is 0. The van der Waals surface area contributed by atoms with E-state index in [1.165, 1.54) is 25.2 Å². The summed E-state index contributed by atoms with van der Waals surface area (Å²) in [6.07, 6.45) is 5.36. The minimum atomic E-state index is -0.433. The van der Waals surface area contributed by atoms with Crippen LogP contribution < -0.4 is 14.4 Å². The molecule has 0 bridgehead atoms. The molecule has 0 N–H and O–H groups in total. The number of carbonyl (C=O) groups is 1. The van der Waals surface area contributed by atoms with Gasteiger partial charge in [0.1, 0.15) is 17.7 Å². The molecule has 1 spiro atoms. The normalized spacial score (nSPS) is 17.6. The van der Waals surface area contributed by atoms with Crippen molar-refractivity contribution in [3.05, 3.63) is 41.3 Å². The van der Waals surface area contributed by atoms with E-state index in [1.807, 2.05) is 6.07 Å². The Hall–Kier alpha value is -2.87. The summed E-state index contributed by atoms with van der Waals surface area (Å²) in [6.45, 7) is 2.08. The number of hydrogen-bond acceptors (Lipinski definition) is 8. The maximum Gasteiger partial charge on any atom is 0.343 e. The summed E-state index contributed by atoms with van der Waals surface area (Å²) in [5.74, 6) is 1.62. The molecule has 0 amide bonds. The van der Waals surface area contributed by atoms with Crippen molar-refractivity contribution >= 4 is 11.8 Å². The van der Waals surface area contributed by atoms with E-state index in [0.29, 0.717) is 36.8 Å². The molecule has 0 saturated carbocycles. The fourth-order valence-electron chi connectivity index (χ4n) is 4.31. The lowest BCUT2D eigenvalue weighted by Crippen LogP contribution is -2.47. The highest BCUT2D eigenvalue weighted by Gasteiger charge is 2.42. The van der Waals surface area contributed by atoms with Crippen LogP contribution in [0.1, 0.15) is 34.3 Å². The predicted octanol–water partition coefficient (Wildman–Crippen LogP) is 2.35. The lowest BCUT2D eigenvalue weighted by Gasteiger charge is -2.45. The molecule has 0 aliphatic carbocycles. The van der Waals surface area contributed by atoms with E-state index < -0.39 is 5.97 Å². The van der Waals surface area contributed by atoms with Crippen molar-refractivity contribution in [2.75, 3.05) is 45.9 Å². The molecule has 1 aromatic heterocycles. The largest absolute Gasteiger partial charge is 0.493 e. The van der Waals surface area contributed by atoms with Crippen molar-refractivity contribution in [1.29, 1.82) is 0 Å². The van der Waals surface area contributed by atoms with E-state index in [1.54, 1.807) is 14.2 Å². The van der Waals surface area contributed by atoms with Gasteiger partial charge in [-0.2, -0.15) is 0 Å². The van der Waals surface area contributed by atoms with E-state index >= 15 is 0 Å². The average Bonchev–Trinajstić information content (AvgIpc) is 2.78. The van der Waals surface area contributed by atoms with Crippen molar-refractivity contribution < 1.29 is 23.7 Å². The molecular weight excluding hydrogens is 374 g/mol. The van der Waals surface area contributed by atoms with Crippen LogP contribution in [0.5, 0.6) is 11.5 Å². The quantitative estimate of drug-likeness (QED) is 0.725. The summed E-state index contributed by atoms with van der Waals surface area (Å²) in [6, 6.07) is 4.11. The van der Waals surface area contributed by atoms with Crippen molar-refractivity contribution in [3.8, 4) is 11.5 Å². The van der Waals surface area contributed by atoms with Crippen LogP contribution in [-0.4, -0.2) is 57.0 Å². The number of anilines is 1. The summed E-state index contributed by atoms with van der Waals surface area (Å²) in [4.78, 5) is 22.5. The molecule has 4 rings (SSSR count). The molecule has 2 aliphatic heterocycles. The number of carbonyl (C=O) groups excluding carboxylic acids is 1. The number of hydrogen-bond donors (Lipinski definition) is 0. The minimum absolute atomic E-state index is 0.373. The van der Waals surface area contributed by atoms with Crippen LogP contribution in [0.15, 0.2) is 24.7 Å². The van der Waals surface area contributed by atoms with E-state index in [2.05, 4.69) is 20.9 Å². The standard InChI is InChI=1S/C21H25N3O5/c1-26-17-10-14-4-9-29-21(16(14)11-18(17)27-2)5-7-24(8-6-21)19-15(20(25)28-3)12-22-13-23-19/h10-13H,4-9H2,1-3H3. The zero-order chi connectivity index (χ0) is 20.4. The van der Waals surface area contributed by atoms with Gasteiger partial charge in [-0.05, 0) is 42.5 Å². The number of benzene rings is 1. The van der Waals surface area contributed by atoms with Gasteiger partial charge in [0.15, 0.2) is 11.5 Å². The van der Waals surface area contributed by atoms with E-state index in [9.17, 15) is 4.79 Å². The maximum atomic E-state index is 12.1. The lowest BCUT2D eigenvalue weighted by molar-refractivity contribution is -0.0768. The number of aromatic nitrogens is 2. The topological polar surface area (TPSA) is 83.0 Å². The lowest BCUT2D eigenvalue weighted by atomic mass is 9.79. The monoisotopic (exact) mass is 399 g/mol. The Labute approximate surface area is 169 Å². The summed E-state index contributed by atoms with van der Waals surface area (Å²) in [7, 11) is 4.66. The first-order valence-electron chi connectivity index (χ1n) is 9.64. The molecule has 29 heavy (non-hydrogen) atoms. The van der Waals surface area contributed by atoms with Gasteiger partial charge in [0.05, 0.1) is 33.5 Å². The number of piperidine rings is 1. The highest BCUT2D eigenvalue weighted by atomic mass is 16.5. The molecule has 0 unspecified atom stereocenters. The molecule has 154 valence electrons. The van der Waals surface area contributed by atoms with Crippen LogP contribution in [-0.2, 0) is 21.5 Å². The third kappa shape index (κ3) is 3.37. The Morgan fingerprint density at radius 1 is 1.14 bits per heavy atom. The van der Waals surface area contributed by atoms with Crippen molar-refractivity contribution in [1.82, 2.24) is 9.97 Å². The number of esters is 1. The van der Waals surface area contributed by atoms with Crippen LogP contribution in [0.3, 0.4) is 0 Å². The number of rotatable bonds is 4. The van der Waals surface area contributed by atoms with E-state index in [0.717, 1.165) is 30.6 Å². The van der Waals surface area contributed by atoms with Gasteiger partial charge in [0.25, 0.3) is 0 Å². The molecule has 1 aromatic carbocycles. The Balaban J connectivity index is 1.62. The molecule has 0 radical (unpaired) electrons. The fraction of sp³-hybridized carbons (Fsp3) is 0.476. The smallest absolute Gasteiger partial charge is 0.343 e. The first-order chi connectivity index (χ1) is 14.1. The van der Waals surface area contributed by atoms with Crippen LogP contribution in [0.2, 0.25) is 0 Å². The second-order valence-electron chi connectivity index (χ2n) is 7.20. The number of ether oxygens (including phenoxy) is 4. The Morgan fingerprint density at radius 3 is 2.55 bits per heavy atom. The van der Waals surface area contributed by atoms with Crippen LogP contribution in [0.4, 0.5) is 5.82 Å². The second-order valence-corrected chi connectivity index (χ2v) is 7.20. The van der Waals surface area contributed by atoms with Crippen molar-refractivity contribution in [2.24, 2.45) is 0 Å². The molecule has 3 heterocycles. The van der Waals surface area contributed by atoms with Gasteiger partial charge in [-0.15, -0.1) is 0 Å². The fourth-order valence-corrected chi connectivity index (χ4v) is 4.31. The zero-order valence-electron chi connectivity index (χ0n) is 16.9. The Kier molecular flexibility index (Phi) is 5.27. The molecule has 8 nitrogen and oxygen atoms in total. The average molecular weight is 399 g/mol. The third-order valence-electron chi connectivity index (χ3n) is 5.82.